The molecule has 1 amide bonds. The average Bonchev–Trinajstić information content (AvgIpc) is 2.42. The zero-order valence-electron chi connectivity index (χ0n) is 13.3. The van der Waals surface area contributed by atoms with Gasteiger partial charge in [0.2, 0.25) is 0 Å². The van der Waals surface area contributed by atoms with Crippen molar-refractivity contribution >= 4 is 12.1 Å². The van der Waals surface area contributed by atoms with Gasteiger partial charge >= 0.3 is 12.1 Å². The van der Waals surface area contributed by atoms with E-state index in [2.05, 4.69) is 4.74 Å². The fraction of sp³-hybridized carbons (Fsp3) is 0.500. The molecule has 0 saturated heterocycles. The summed E-state index contributed by atoms with van der Waals surface area (Å²) < 4.78 is 10.0. The largest absolute Gasteiger partial charge is 0.465 e. The first-order chi connectivity index (χ1) is 9.76. The summed E-state index contributed by atoms with van der Waals surface area (Å²) in [5, 5.41) is 0. The number of nitrogens with zero attached hydrogens (tertiary/aromatic N) is 1. The van der Waals surface area contributed by atoms with E-state index in [1.165, 1.54) is 7.11 Å². The summed E-state index contributed by atoms with van der Waals surface area (Å²) in [6.07, 6.45) is -0.345. The SMILES string of the molecule is CCN(Cc1ccc(C(=O)OC)cc1)C(=O)OC(C)(C)C. The third-order valence-electron chi connectivity index (χ3n) is 2.78. The highest BCUT2D eigenvalue weighted by atomic mass is 16.6. The van der Waals surface area contributed by atoms with Crippen LogP contribution in [0.1, 0.15) is 43.6 Å². The minimum absolute atomic E-state index is 0.345. The van der Waals surface area contributed by atoms with E-state index in [-0.39, 0.29) is 12.1 Å². The van der Waals surface area contributed by atoms with Crippen molar-refractivity contribution in [1.29, 1.82) is 0 Å². The van der Waals surface area contributed by atoms with Crippen LogP contribution in [0, 0.1) is 0 Å². The van der Waals surface area contributed by atoms with Crippen LogP contribution in [0.2, 0.25) is 0 Å². The van der Waals surface area contributed by atoms with E-state index in [1.54, 1.807) is 29.2 Å². The number of carbonyl (C=O) groups excluding carboxylic acids is 2. The highest BCUT2D eigenvalue weighted by Crippen LogP contribution is 2.13. The Kier molecular flexibility index (Phi) is 5.76. The molecule has 0 aliphatic carbocycles. The topological polar surface area (TPSA) is 55.8 Å². The van der Waals surface area contributed by atoms with E-state index >= 15 is 0 Å². The van der Waals surface area contributed by atoms with E-state index in [1.807, 2.05) is 27.7 Å². The molecule has 0 spiro atoms. The molecule has 0 unspecified atom stereocenters. The fourth-order valence-electron chi connectivity index (χ4n) is 1.72. The lowest BCUT2D eigenvalue weighted by Crippen LogP contribution is -2.36. The molecule has 0 aliphatic heterocycles. The van der Waals surface area contributed by atoms with Gasteiger partial charge in [-0.25, -0.2) is 9.59 Å². The number of hydrogen-bond acceptors (Lipinski definition) is 4. The smallest absolute Gasteiger partial charge is 0.410 e. The van der Waals surface area contributed by atoms with Gasteiger partial charge in [0, 0.05) is 13.1 Å². The molecule has 1 rings (SSSR count). The number of methoxy groups -OCH3 is 1. The van der Waals surface area contributed by atoms with Gasteiger partial charge in [0.15, 0.2) is 0 Å². The number of amides is 1. The molecule has 0 bridgehead atoms. The molecule has 0 aromatic heterocycles. The van der Waals surface area contributed by atoms with Crippen LogP contribution >= 0.6 is 0 Å². The molecule has 0 aliphatic rings. The molecular weight excluding hydrogens is 270 g/mol. The molecule has 0 saturated carbocycles. The molecule has 0 heterocycles. The zero-order valence-corrected chi connectivity index (χ0v) is 13.3. The monoisotopic (exact) mass is 293 g/mol. The molecule has 5 heteroatoms. The van der Waals surface area contributed by atoms with Crippen molar-refractivity contribution in [3.8, 4) is 0 Å². The van der Waals surface area contributed by atoms with Gasteiger partial charge in [0.25, 0.3) is 0 Å². The van der Waals surface area contributed by atoms with Crippen LogP contribution in [0.15, 0.2) is 24.3 Å². The molecule has 21 heavy (non-hydrogen) atoms. The Morgan fingerprint density at radius 1 is 1.14 bits per heavy atom. The Balaban J connectivity index is 2.73. The second kappa shape index (κ2) is 7.11. The number of rotatable bonds is 4. The molecule has 0 N–H and O–H groups in total. The van der Waals surface area contributed by atoms with Crippen molar-refractivity contribution < 1.29 is 19.1 Å². The summed E-state index contributed by atoms with van der Waals surface area (Å²) in [5.74, 6) is -0.374. The Morgan fingerprint density at radius 2 is 1.71 bits per heavy atom. The third kappa shape index (κ3) is 5.45. The van der Waals surface area contributed by atoms with Crippen LogP contribution in [0.25, 0.3) is 0 Å². The van der Waals surface area contributed by atoms with Gasteiger partial charge in [-0.15, -0.1) is 0 Å². The molecular formula is C16H23NO4. The van der Waals surface area contributed by atoms with Crippen molar-refractivity contribution in [2.45, 2.75) is 39.8 Å². The second-order valence-electron chi connectivity index (χ2n) is 5.68. The molecule has 0 atom stereocenters. The molecule has 0 radical (unpaired) electrons. The summed E-state index contributed by atoms with van der Waals surface area (Å²) in [6, 6.07) is 6.98. The van der Waals surface area contributed by atoms with Gasteiger partial charge in [-0.05, 0) is 45.4 Å². The highest BCUT2D eigenvalue weighted by molar-refractivity contribution is 5.89. The predicted molar refractivity (Wildman–Crippen MR) is 80.1 cm³/mol. The normalized spacial score (nSPS) is 10.9. The number of carbonyl (C=O) groups is 2. The highest BCUT2D eigenvalue weighted by Gasteiger charge is 2.21. The van der Waals surface area contributed by atoms with Crippen molar-refractivity contribution in [1.82, 2.24) is 4.90 Å². The predicted octanol–water partition coefficient (Wildman–Crippen LogP) is 3.23. The zero-order chi connectivity index (χ0) is 16.0. The maximum absolute atomic E-state index is 12.0. The average molecular weight is 293 g/mol. The first-order valence-corrected chi connectivity index (χ1v) is 6.92. The van der Waals surface area contributed by atoms with Gasteiger partial charge in [0.05, 0.1) is 12.7 Å². The van der Waals surface area contributed by atoms with Crippen molar-refractivity contribution in [3.05, 3.63) is 35.4 Å². The van der Waals surface area contributed by atoms with Gasteiger partial charge in [-0.3, -0.25) is 0 Å². The van der Waals surface area contributed by atoms with Crippen LogP contribution in [0.4, 0.5) is 4.79 Å². The third-order valence-corrected chi connectivity index (χ3v) is 2.78. The Morgan fingerprint density at radius 3 is 2.14 bits per heavy atom. The number of hydrogen-bond donors (Lipinski definition) is 0. The van der Waals surface area contributed by atoms with Crippen LogP contribution in [0.3, 0.4) is 0 Å². The summed E-state index contributed by atoms with van der Waals surface area (Å²) in [5.41, 5.74) is 0.899. The van der Waals surface area contributed by atoms with E-state index in [9.17, 15) is 9.59 Å². The van der Waals surface area contributed by atoms with E-state index < -0.39 is 5.60 Å². The first-order valence-electron chi connectivity index (χ1n) is 6.92. The molecule has 1 aromatic rings. The summed E-state index contributed by atoms with van der Waals surface area (Å²) >= 11 is 0. The van der Waals surface area contributed by atoms with Crippen LogP contribution in [-0.2, 0) is 16.0 Å². The summed E-state index contributed by atoms with van der Waals surface area (Å²) in [6.45, 7) is 8.39. The molecule has 1 aromatic carbocycles. The van der Waals surface area contributed by atoms with Crippen molar-refractivity contribution in [2.24, 2.45) is 0 Å². The summed E-state index contributed by atoms with van der Waals surface area (Å²) in [4.78, 5) is 25.0. The lowest BCUT2D eigenvalue weighted by atomic mass is 10.1. The van der Waals surface area contributed by atoms with Gasteiger partial charge in [-0.1, -0.05) is 12.1 Å². The van der Waals surface area contributed by atoms with E-state index in [4.69, 9.17) is 4.74 Å². The van der Waals surface area contributed by atoms with Gasteiger partial charge in [0.1, 0.15) is 5.60 Å². The summed E-state index contributed by atoms with van der Waals surface area (Å²) in [7, 11) is 1.34. The lowest BCUT2D eigenvalue weighted by molar-refractivity contribution is 0.0244. The minimum Gasteiger partial charge on any atom is -0.465 e. The maximum atomic E-state index is 12.0. The number of ether oxygens (including phenoxy) is 2. The van der Waals surface area contributed by atoms with E-state index in [0.717, 1.165) is 5.56 Å². The lowest BCUT2D eigenvalue weighted by Gasteiger charge is -2.26. The Hall–Kier alpha value is -2.04. The van der Waals surface area contributed by atoms with E-state index in [0.29, 0.717) is 18.7 Å². The maximum Gasteiger partial charge on any atom is 0.410 e. The van der Waals surface area contributed by atoms with Crippen LogP contribution < -0.4 is 0 Å². The first kappa shape index (κ1) is 17.0. The standard InChI is InChI=1S/C16H23NO4/c1-6-17(15(19)21-16(2,3)4)11-12-7-9-13(10-8-12)14(18)20-5/h7-10H,6,11H2,1-5H3. The number of esters is 1. The minimum atomic E-state index is -0.515. The molecule has 5 nitrogen and oxygen atoms in total. The molecule has 0 fully saturated rings. The van der Waals surface area contributed by atoms with Crippen LogP contribution in [-0.4, -0.2) is 36.2 Å². The van der Waals surface area contributed by atoms with Gasteiger partial charge in [-0.2, -0.15) is 0 Å². The molecule has 116 valence electrons. The Labute approximate surface area is 125 Å². The quantitative estimate of drug-likeness (QED) is 0.800. The Bertz CT molecular complexity index is 488. The van der Waals surface area contributed by atoms with Crippen molar-refractivity contribution in [2.75, 3.05) is 13.7 Å². The van der Waals surface area contributed by atoms with Crippen LogP contribution in [0.5, 0.6) is 0 Å². The second-order valence-corrected chi connectivity index (χ2v) is 5.68. The van der Waals surface area contributed by atoms with Gasteiger partial charge < -0.3 is 14.4 Å². The fourth-order valence-corrected chi connectivity index (χ4v) is 1.72. The number of benzene rings is 1. The van der Waals surface area contributed by atoms with Crippen molar-refractivity contribution in [3.63, 3.8) is 0 Å².